The summed E-state index contributed by atoms with van der Waals surface area (Å²) >= 11 is 0. The third kappa shape index (κ3) is 2.13. The van der Waals surface area contributed by atoms with E-state index in [1.165, 1.54) is 12.1 Å². The number of phenolic OH excluding ortho intramolecular Hbond substituents is 1. The molecule has 1 heterocycles. The van der Waals surface area contributed by atoms with Gasteiger partial charge in [0, 0.05) is 13.2 Å². The summed E-state index contributed by atoms with van der Waals surface area (Å²) < 4.78 is 1.60. The van der Waals surface area contributed by atoms with Crippen molar-refractivity contribution in [1.82, 2.24) is 9.78 Å². The lowest BCUT2D eigenvalue weighted by Crippen LogP contribution is -2.12. The number of nitrogens with one attached hydrogen (secondary N) is 1. The Morgan fingerprint density at radius 2 is 2.22 bits per heavy atom. The molecule has 0 radical (unpaired) electrons. The van der Waals surface area contributed by atoms with Crippen molar-refractivity contribution in [2.75, 3.05) is 11.1 Å². The number of para-hydroxylation sites is 1. The summed E-state index contributed by atoms with van der Waals surface area (Å²) in [6, 6.07) is 4.65. The highest BCUT2D eigenvalue weighted by atomic mass is 16.3. The molecule has 0 aliphatic carbocycles. The number of hydrogen-bond donors (Lipinski definition) is 3. The topological polar surface area (TPSA) is 93.2 Å². The molecule has 0 fully saturated rings. The summed E-state index contributed by atoms with van der Waals surface area (Å²) in [6.07, 6.45) is 1.69. The lowest BCUT2D eigenvalue weighted by Gasteiger charge is -2.07. The largest absolute Gasteiger partial charge is 0.505 e. The first-order valence-corrected chi connectivity index (χ1v) is 5.38. The normalized spacial score (nSPS) is 10.3. The molecule has 0 saturated heterocycles. The van der Waals surface area contributed by atoms with Crippen LogP contribution in [-0.2, 0) is 7.05 Å². The minimum absolute atomic E-state index is 0.137. The number of rotatable bonds is 2. The van der Waals surface area contributed by atoms with Crippen LogP contribution >= 0.6 is 0 Å². The Morgan fingerprint density at radius 1 is 1.50 bits per heavy atom. The quantitative estimate of drug-likeness (QED) is 0.549. The third-order valence-corrected chi connectivity index (χ3v) is 2.57. The number of carbonyl (C=O) groups is 1. The molecule has 0 unspecified atom stereocenters. The zero-order chi connectivity index (χ0) is 13.3. The van der Waals surface area contributed by atoms with Crippen molar-refractivity contribution in [2.45, 2.75) is 6.92 Å². The van der Waals surface area contributed by atoms with Crippen molar-refractivity contribution < 1.29 is 9.90 Å². The van der Waals surface area contributed by atoms with E-state index in [0.29, 0.717) is 11.4 Å². The predicted octanol–water partition coefficient (Wildman–Crippen LogP) is 1.27. The Labute approximate surface area is 104 Å². The van der Waals surface area contributed by atoms with Gasteiger partial charge < -0.3 is 16.2 Å². The molecule has 1 aromatic carbocycles. The Balaban J connectivity index is 2.27. The maximum absolute atomic E-state index is 12.0. The van der Waals surface area contributed by atoms with Gasteiger partial charge in [0.25, 0.3) is 5.91 Å². The van der Waals surface area contributed by atoms with Crippen LogP contribution in [0.1, 0.15) is 16.1 Å². The van der Waals surface area contributed by atoms with Crippen molar-refractivity contribution in [1.29, 1.82) is 0 Å². The van der Waals surface area contributed by atoms with Gasteiger partial charge in [-0.05, 0) is 19.1 Å². The first kappa shape index (κ1) is 12.0. The second-order valence-electron chi connectivity index (χ2n) is 4.00. The van der Waals surface area contributed by atoms with Gasteiger partial charge >= 0.3 is 0 Å². The highest BCUT2D eigenvalue weighted by molar-refractivity contribution is 6.07. The van der Waals surface area contributed by atoms with Crippen LogP contribution in [0.2, 0.25) is 0 Å². The van der Waals surface area contributed by atoms with Crippen LogP contribution in [0.25, 0.3) is 0 Å². The predicted molar refractivity (Wildman–Crippen MR) is 68.4 cm³/mol. The number of phenols is 1. The average molecular weight is 246 g/mol. The van der Waals surface area contributed by atoms with Crippen LogP contribution in [0.4, 0.5) is 11.4 Å². The highest BCUT2D eigenvalue weighted by Gasteiger charge is 2.14. The van der Waals surface area contributed by atoms with Crippen LogP contribution in [0.5, 0.6) is 5.75 Å². The van der Waals surface area contributed by atoms with Crippen LogP contribution in [0.15, 0.2) is 24.4 Å². The summed E-state index contributed by atoms with van der Waals surface area (Å²) in [5.74, 6) is -0.632. The molecule has 6 nitrogen and oxygen atoms in total. The van der Waals surface area contributed by atoms with E-state index in [4.69, 9.17) is 5.73 Å². The molecule has 0 aliphatic rings. The number of aromatic hydroxyl groups is 1. The summed E-state index contributed by atoms with van der Waals surface area (Å²) in [4.78, 5) is 12.0. The van der Waals surface area contributed by atoms with Crippen LogP contribution in [-0.4, -0.2) is 20.8 Å². The van der Waals surface area contributed by atoms with Gasteiger partial charge in [0.2, 0.25) is 0 Å². The monoisotopic (exact) mass is 246 g/mol. The van der Waals surface area contributed by atoms with E-state index >= 15 is 0 Å². The van der Waals surface area contributed by atoms with Gasteiger partial charge in [-0.1, -0.05) is 6.07 Å². The van der Waals surface area contributed by atoms with Gasteiger partial charge in [-0.15, -0.1) is 0 Å². The van der Waals surface area contributed by atoms with E-state index in [9.17, 15) is 9.90 Å². The molecule has 1 aromatic heterocycles. The van der Waals surface area contributed by atoms with E-state index in [2.05, 4.69) is 10.4 Å². The van der Waals surface area contributed by atoms with E-state index in [-0.39, 0.29) is 17.0 Å². The molecule has 0 bridgehead atoms. The van der Waals surface area contributed by atoms with Crippen molar-refractivity contribution in [3.8, 4) is 5.75 Å². The summed E-state index contributed by atoms with van der Waals surface area (Å²) in [5, 5.41) is 16.5. The van der Waals surface area contributed by atoms with E-state index < -0.39 is 5.91 Å². The molecule has 0 aliphatic heterocycles. The van der Waals surface area contributed by atoms with Crippen LogP contribution < -0.4 is 11.1 Å². The molecule has 4 N–H and O–H groups in total. The minimum atomic E-state index is -0.420. The molecular formula is C12H14N4O2. The molecular weight excluding hydrogens is 232 g/mol. The number of amides is 1. The van der Waals surface area contributed by atoms with Gasteiger partial charge in [0.15, 0.2) is 5.75 Å². The lowest BCUT2D eigenvalue weighted by molar-refractivity contribution is 0.102. The van der Waals surface area contributed by atoms with Gasteiger partial charge in [0.1, 0.15) is 0 Å². The molecule has 0 atom stereocenters. The number of anilines is 2. The van der Waals surface area contributed by atoms with Crippen LogP contribution in [0.3, 0.4) is 0 Å². The molecule has 6 heteroatoms. The molecule has 1 amide bonds. The fourth-order valence-electron chi connectivity index (χ4n) is 1.66. The zero-order valence-corrected chi connectivity index (χ0v) is 10.1. The van der Waals surface area contributed by atoms with Crippen molar-refractivity contribution in [2.24, 2.45) is 7.05 Å². The smallest absolute Gasteiger partial charge is 0.259 e. The Hall–Kier alpha value is -2.50. The van der Waals surface area contributed by atoms with Gasteiger partial charge in [-0.3, -0.25) is 9.48 Å². The number of nitrogen functional groups attached to an aromatic ring is 1. The molecule has 0 saturated carbocycles. The number of carbonyl (C=O) groups excluding carboxylic acids is 1. The van der Waals surface area contributed by atoms with Gasteiger partial charge in [-0.2, -0.15) is 5.10 Å². The fourth-order valence-corrected chi connectivity index (χ4v) is 1.66. The SMILES string of the molecule is Cc1nn(C)cc1NC(=O)c1cccc(N)c1O. The first-order chi connectivity index (χ1) is 8.49. The first-order valence-electron chi connectivity index (χ1n) is 5.38. The Kier molecular flexibility index (Phi) is 2.93. The number of aryl methyl sites for hydroxylation is 2. The summed E-state index contributed by atoms with van der Waals surface area (Å²) in [7, 11) is 1.76. The molecule has 2 rings (SSSR count). The number of nitrogens with two attached hydrogens (primary N) is 1. The van der Waals surface area contributed by atoms with E-state index in [1.807, 2.05) is 0 Å². The van der Waals surface area contributed by atoms with E-state index in [0.717, 1.165) is 0 Å². The number of aromatic nitrogens is 2. The number of nitrogens with zero attached hydrogens (tertiary/aromatic N) is 2. The van der Waals surface area contributed by atoms with Crippen molar-refractivity contribution >= 4 is 17.3 Å². The fraction of sp³-hybridized carbons (Fsp3) is 0.167. The molecule has 2 aromatic rings. The Bertz CT molecular complexity index is 604. The van der Waals surface area contributed by atoms with Crippen molar-refractivity contribution in [3.63, 3.8) is 0 Å². The number of benzene rings is 1. The standard InChI is InChI=1S/C12H14N4O2/c1-7-10(6-16(2)15-7)14-12(18)8-4-3-5-9(13)11(8)17/h3-6,17H,13H2,1-2H3,(H,14,18). The summed E-state index contributed by atoms with van der Waals surface area (Å²) in [6.45, 7) is 1.79. The lowest BCUT2D eigenvalue weighted by atomic mass is 10.1. The van der Waals surface area contributed by atoms with Gasteiger partial charge in [0.05, 0.1) is 22.6 Å². The van der Waals surface area contributed by atoms with Gasteiger partial charge in [-0.25, -0.2) is 0 Å². The second kappa shape index (κ2) is 4.40. The van der Waals surface area contributed by atoms with E-state index in [1.54, 1.807) is 30.9 Å². The maximum Gasteiger partial charge on any atom is 0.259 e. The number of hydrogen-bond acceptors (Lipinski definition) is 4. The molecule has 94 valence electrons. The average Bonchev–Trinajstić information content (AvgIpc) is 2.61. The van der Waals surface area contributed by atoms with Crippen molar-refractivity contribution in [3.05, 3.63) is 35.7 Å². The van der Waals surface area contributed by atoms with Crippen LogP contribution in [0, 0.1) is 6.92 Å². The Morgan fingerprint density at radius 3 is 2.83 bits per heavy atom. The molecule has 0 spiro atoms. The maximum atomic E-state index is 12.0. The summed E-state index contributed by atoms with van der Waals surface area (Å²) in [5.41, 5.74) is 7.15. The molecule has 18 heavy (non-hydrogen) atoms. The highest BCUT2D eigenvalue weighted by Crippen LogP contribution is 2.25. The minimum Gasteiger partial charge on any atom is -0.505 e. The third-order valence-electron chi connectivity index (χ3n) is 2.57. The second-order valence-corrected chi connectivity index (χ2v) is 4.00. The zero-order valence-electron chi connectivity index (χ0n) is 10.1.